The van der Waals surface area contributed by atoms with Crippen LogP contribution in [0.1, 0.15) is 34.1 Å². The number of carbonyl (C=O) groups is 2. The molecule has 4 nitrogen and oxygen atoms in total. The fourth-order valence-electron chi connectivity index (χ4n) is 2.22. The molecule has 0 spiro atoms. The monoisotopic (exact) mass is 272 g/mol. The average Bonchev–Trinajstić information content (AvgIpc) is 2.33. The lowest BCUT2D eigenvalue weighted by Gasteiger charge is -2.40. The average molecular weight is 272 g/mol. The zero-order chi connectivity index (χ0) is 13.7. The fourth-order valence-corrected chi connectivity index (χ4v) is 2.83. The summed E-state index contributed by atoms with van der Waals surface area (Å²) >= 11 is 1.80. The molecule has 0 radical (unpaired) electrons. The number of amides is 2. The molecule has 2 amide bonds. The van der Waals surface area contributed by atoms with Crippen molar-refractivity contribution in [3.63, 3.8) is 0 Å². The molecule has 1 saturated heterocycles. The molecule has 1 rings (SSSR count). The minimum atomic E-state index is -0.355. The van der Waals surface area contributed by atoms with Crippen LogP contribution in [0.2, 0.25) is 0 Å². The summed E-state index contributed by atoms with van der Waals surface area (Å²) in [7, 11) is 0. The van der Waals surface area contributed by atoms with E-state index in [0.717, 1.165) is 11.5 Å². The van der Waals surface area contributed by atoms with Gasteiger partial charge in [-0.05, 0) is 18.1 Å². The summed E-state index contributed by atoms with van der Waals surface area (Å²) in [5.74, 6) is 2.15. The lowest BCUT2D eigenvalue weighted by Crippen LogP contribution is -2.64. The van der Waals surface area contributed by atoms with E-state index in [1.165, 1.54) is 0 Å². The molecule has 0 bridgehead atoms. The van der Waals surface area contributed by atoms with Gasteiger partial charge in [0.25, 0.3) is 0 Å². The molecular formula is C13H24N2O2S. The summed E-state index contributed by atoms with van der Waals surface area (Å²) < 4.78 is 0. The van der Waals surface area contributed by atoms with Gasteiger partial charge in [0.05, 0.1) is 0 Å². The highest BCUT2D eigenvalue weighted by Gasteiger charge is 2.40. The van der Waals surface area contributed by atoms with Gasteiger partial charge in [-0.2, -0.15) is 11.8 Å². The van der Waals surface area contributed by atoms with Crippen LogP contribution in [0, 0.1) is 5.92 Å². The third-order valence-corrected chi connectivity index (χ3v) is 4.14. The minimum absolute atomic E-state index is 0.00250. The van der Waals surface area contributed by atoms with Gasteiger partial charge in [0, 0.05) is 12.3 Å². The maximum atomic E-state index is 12.4. The van der Waals surface area contributed by atoms with Gasteiger partial charge in [0.1, 0.15) is 12.1 Å². The van der Waals surface area contributed by atoms with Crippen molar-refractivity contribution < 1.29 is 9.59 Å². The highest BCUT2D eigenvalue weighted by atomic mass is 32.2. The van der Waals surface area contributed by atoms with Crippen LogP contribution >= 0.6 is 11.8 Å². The summed E-state index contributed by atoms with van der Waals surface area (Å²) in [5.41, 5.74) is 0. The van der Waals surface area contributed by atoms with Gasteiger partial charge in [-0.3, -0.25) is 9.59 Å². The normalized spacial score (nSPS) is 24.6. The Hall–Kier alpha value is -0.710. The van der Waals surface area contributed by atoms with Crippen molar-refractivity contribution >= 4 is 23.6 Å². The Balaban J connectivity index is 2.77. The molecule has 1 heterocycles. The van der Waals surface area contributed by atoms with Gasteiger partial charge in [-0.25, -0.2) is 0 Å². The van der Waals surface area contributed by atoms with Crippen LogP contribution in [-0.2, 0) is 9.59 Å². The van der Waals surface area contributed by atoms with E-state index in [9.17, 15) is 9.59 Å². The standard InChI is InChI=1S/C13H24N2O2S/c1-5-10-12(16)14-11(9(3)4)13(17)15(10)7-8-18-6-2/h9-11H,5-8H2,1-4H3,(H,14,16). The van der Waals surface area contributed by atoms with Crippen molar-refractivity contribution in [2.24, 2.45) is 5.92 Å². The molecule has 0 saturated carbocycles. The van der Waals surface area contributed by atoms with Crippen LogP contribution in [0.3, 0.4) is 0 Å². The molecule has 1 aliphatic rings. The molecule has 2 atom stereocenters. The van der Waals surface area contributed by atoms with Crippen molar-refractivity contribution in [2.75, 3.05) is 18.1 Å². The highest BCUT2D eigenvalue weighted by molar-refractivity contribution is 7.99. The number of hydrogen-bond donors (Lipinski definition) is 1. The number of piperazine rings is 1. The topological polar surface area (TPSA) is 49.4 Å². The first-order chi connectivity index (χ1) is 8.52. The summed E-state index contributed by atoms with van der Waals surface area (Å²) in [6.07, 6.45) is 0.680. The largest absolute Gasteiger partial charge is 0.342 e. The molecule has 1 N–H and O–H groups in total. The van der Waals surface area contributed by atoms with Gasteiger partial charge in [-0.1, -0.05) is 27.7 Å². The van der Waals surface area contributed by atoms with E-state index in [1.54, 1.807) is 16.7 Å². The maximum Gasteiger partial charge on any atom is 0.246 e. The molecular weight excluding hydrogens is 248 g/mol. The fraction of sp³-hybridized carbons (Fsp3) is 0.846. The Kier molecular flexibility index (Phi) is 5.99. The number of thioether (sulfide) groups is 1. The zero-order valence-corrected chi connectivity index (χ0v) is 12.5. The second-order valence-electron chi connectivity index (χ2n) is 4.88. The van der Waals surface area contributed by atoms with E-state index in [2.05, 4.69) is 12.2 Å². The van der Waals surface area contributed by atoms with E-state index in [1.807, 2.05) is 20.8 Å². The van der Waals surface area contributed by atoms with E-state index < -0.39 is 0 Å². The molecule has 0 aromatic carbocycles. The maximum absolute atomic E-state index is 12.4. The molecule has 2 unspecified atom stereocenters. The molecule has 1 aliphatic heterocycles. The van der Waals surface area contributed by atoms with E-state index in [0.29, 0.717) is 13.0 Å². The van der Waals surface area contributed by atoms with E-state index in [-0.39, 0.29) is 29.8 Å². The third-order valence-electron chi connectivity index (χ3n) is 3.26. The SMILES string of the molecule is CCSCCN1C(=O)C(C(C)C)NC(=O)C1CC. The molecule has 0 aromatic heterocycles. The molecule has 1 fully saturated rings. The van der Waals surface area contributed by atoms with Gasteiger partial charge in [-0.15, -0.1) is 0 Å². The van der Waals surface area contributed by atoms with Crippen molar-refractivity contribution in [3.8, 4) is 0 Å². The van der Waals surface area contributed by atoms with Gasteiger partial charge in [0.15, 0.2) is 0 Å². The first kappa shape index (κ1) is 15.3. The third kappa shape index (κ3) is 3.40. The van der Waals surface area contributed by atoms with Crippen LogP contribution in [-0.4, -0.2) is 46.8 Å². The first-order valence-electron chi connectivity index (χ1n) is 6.71. The summed E-state index contributed by atoms with van der Waals surface area (Å²) in [5, 5.41) is 2.85. The smallest absolute Gasteiger partial charge is 0.246 e. The summed E-state index contributed by atoms with van der Waals surface area (Å²) in [6.45, 7) is 8.66. The lowest BCUT2D eigenvalue weighted by atomic mass is 9.97. The second kappa shape index (κ2) is 7.02. The van der Waals surface area contributed by atoms with Gasteiger partial charge >= 0.3 is 0 Å². The molecule has 0 aromatic rings. The Morgan fingerprint density at radius 1 is 1.33 bits per heavy atom. The number of carbonyl (C=O) groups excluding carboxylic acids is 2. The number of nitrogens with zero attached hydrogens (tertiary/aromatic N) is 1. The molecule has 5 heteroatoms. The Labute approximate surface area is 114 Å². The van der Waals surface area contributed by atoms with E-state index >= 15 is 0 Å². The molecule has 18 heavy (non-hydrogen) atoms. The Morgan fingerprint density at radius 2 is 2.00 bits per heavy atom. The Morgan fingerprint density at radius 3 is 2.50 bits per heavy atom. The number of hydrogen-bond acceptors (Lipinski definition) is 3. The molecule has 104 valence electrons. The minimum Gasteiger partial charge on any atom is -0.342 e. The van der Waals surface area contributed by atoms with E-state index in [4.69, 9.17) is 0 Å². The van der Waals surface area contributed by atoms with Crippen molar-refractivity contribution in [3.05, 3.63) is 0 Å². The van der Waals surface area contributed by atoms with Gasteiger partial charge < -0.3 is 10.2 Å². The van der Waals surface area contributed by atoms with Crippen LogP contribution in [0.5, 0.6) is 0 Å². The van der Waals surface area contributed by atoms with Crippen LogP contribution in [0.15, 0.2) is 0 Å². The van der Waals surface area contributed by atoms with Crippen molar-refractivity contribution in [2.45, 2.75) is 46.2 Å². The zero-order valence-electron chi connectivity index (χ0n) is 11.7. The predicted octanol–water partition coefficient (Wildman–Crippen LogP) is 1.50. The van der Waals surface area contributed by atoms with Crippen LogP contribution in [0.4, 0.5) is 0 Å². The highest BCUT2D eigenvalue weighted by Crippen LogP contribution is 2.18. The number of rotatable bonds is 6. The lowest BCUT2D eigenvalue weighted by molar-refractivity contribution is -0.150. The Bertz CT molecular complexity index is 307. The van der Waals surface area contributed by atoms with Crippen LogP contribution in [0.25, 0.3) is 0 Å². The van der Waals surface area contributed by atoms with Gasteiger partial charge in [0.2, 0.25) is 11.8 Å². The number of nitrogens with one attached hydrogen (secondary N) is 1. The second-order valence-corrected chi connectivity index (χ2v) is 6.28. The summed E-state index contributed by atoms with van der Waals surface area (Å²) in [6, 6.07) is -0.642. The van der Waals surface area contributed by atoms with Crippen molar-refractivity contribution in [1.29, 1.82) is 0 Å². The molecule has 0 aliphatic carbocycles. The quantitative estimate of drug-likeness (QED) is 0.746. The van der Waals surface area contributed by atoms with Crippen LogP contribution < -0.4 is 5.32 Å². The summed E-state index contributed by atoms with van der Waals surface area (Å²) in [4.78, 5) is 26.2. The van der Waals surface area contributed by atoms with Crippen molar-refractivity contribution in [1.82, 2.24) is 10.2 Å². The predicted molar refractivity (Wildman–Crippen MR) is 75.6 cm³/mol. The first-order valence-corrected chi connectivity index (χ1v) is 7.86.